The van der Waals surface area contributed by atoms with E-state index in [4.69, 9.17) is 9.47 Å². The number of benzene rings is 2. The minimum atomic E-state index is -0.489. The fourth-order valence-electron chi connectivity index (χ4n) is 2.04. The Balaban J connectivity index is 2.10. The summed E-state index contributed by atoms with van der Waals surface area (Å²) < 4.78 is 9.83. The van der Waals surface area contributed by atoms with E-state index in [9.17, 15) is 9.59 Å². The average molecular weight is 299 g/mol. The molecule has 0 spiro atoms. The van der Waals surface area contributed by atoms with E-state index < -0.39 is 5.97 Å². The number of amides is 1. The van der Waals surface area contributed by atoms with Crippen molar-refractivity contribution in [1.82, 2.24) is 0 Å². The highest BCUT2D eigenvalue weighted by Gasteiger charge is 2.13. The van der Waals surface area contributed by atoms with Gasteiger partial charge < -0.3 is 14.8 Å². The maximum absolute atomic E-state index is 12.1. The van der Waals surface area contributed by atoms with Crippen molar-refractivity contribution < 1.29 is 19.1 Å². The first-order valence-electron chi connectivity index (χ1n) is 6.74. The van der Waals surface area contributed by atoms with Crippen LogP contribution in [0.15, 0.2) is 48.5 Å². The van der Waals surface area contributed by atoms with Crippen LogP contribution in [0.4, 0.5) is 5.69 Å². The van der Waals surface area contributed by atoms with Crippen molar-refractivity contribution in [3.8, 4) is 5.75 Å². The standard InChI is InChI=1S/C17H17NO4/c1-21-13-7-5-6-12(10-13)11-16(19)18-15-9-4-3-8-14(15)17(20)22-2/h3-10H,11H2,1-2H3,(H,18,19). The molecule has 2 rings (SSSR count). The van der Waals surface area contributed by atoms with Crippen LogP contribution in [0.5, 0.6) is 5.75 Å². The first-order chi connectivity index (χ1) is 10.6. The summed E-state index contributed by atoms with van der Waals surface area (Å²) in [6.07, 6.45) is 0.187. The van der Waals surface area contributed by atoms with E-state index in [1.165, 1.54) is 7.11 Å². The molecule has 0 saturated heterocycles. The highest BCUT2D eigenvalue weighted by atomic mass is 16.5. The zero-order valence-corrected chi connectivity index (χ0v) is 12.5. The van der Waals surface area contributed by atoms with Crippen LogP contribution in [0.25, 0.3) is 0 Å². The highest BCUT2D eigenvalue weighted by Crippen LogP contribution is 2.17. The minimum Gasteiger partial charge on any atom is -0.497 e. The Morgan fingerprint density at radius 2 is 1.82 bits per heavy atom. The molecule has 2 aromatic rings. The molecule has 0 aliphatic rings. The number of esters is 1. The summed E-state index contributed by atoms with van der Waals surface area (Å²) in [6.45, 7) is 0. The zero-order valence-electron chi connectivity index (χ0n) is 12.5. The van der Waals surface area contributed by atoms with Crippen molar-refractivity contribution in [3.05, 3.63) is 59.7 Å². The van der Waals surface area contributed by atoms with E-state index in [0.29, 0.717) is 17.0 Å². The van der Waals surface area contributed by atoms with Gasteiger partial charge in [-0.2, -0.15) is 0 Å². The van der Waals surface area contributed by atoms with E-state index in [1.807, 2.05) is 18.2 Å². The predicted molar refractivity (Wildman–Crippen MR) is 83.1 cm³/mol. The van der Waals surface area contributed by atoms with Crippen LogP contribution in [0.1, 0.15) is 15.9 Å². The SMILES string of the molecule is COC(=O)c1ccccc1NC(=O)Cc1cccc(OC)c1. The Labute approximate surface area is 128 Å². The number of para-hydroxylation sites is 1. The molecule has 0 saturated carbocycles. The quantitative estimate of drug-likeness (QED) is 0.862. The van der Waals surface area contributed by atoms with Gasteiger partial charge in [-0.15, -0.1) is 0 Å². The van der Waals surface area contributed by atoms with Crippen LogP contribution in [-0.2, 0) is 16.0 Å². The van der Waals surface area contributed by atoms with Crippen LogP contribution in [0.2, 0.25) is 0 Å². The molecule has 0 unspecified atom stereocenters. The van der Waals surface area contributed by atoms with E-state index >= 15 is 0 Å². The summed E-state index contributed by atoms with van der Waals surface area (Å²) in [4.78, 5) is 23.8. The van der Waals surface area contributed by atoms with Crippen LogP contribution in [0.3, 0.4) is 0 Å². The minimum absolute atomic E-state index is 0.187. The number of hydrogen-bond donors (Lipinski definition) is 1. The number of anilines is 1. The molecule has 0 heterocycles. The molecule has 0 aromatic heterocycles. The number of nitrogens with one attached hydrogen (secondary N) is 1. The van der Waals surface area contributed by atoms with Crippen molar-refractivity contribution in [3.63, 3.8) is 0 Å². The molecular weight excluding hydrogens is 282 g/mol. The molecule has 114 valence electrons. The van der Waals surface area contributed by atoms with E-state index in [2.05, 4.69) is 5.32 Å². The fraction of sp³-hybridized carbons (Fsp3) is 0.176. The normalized spacial score (nSPS) is 9.91. The Hall–Kier alpha value is -2.82. The third-order valence-electron chi connectivity index (χ3n) is 3.11. The number of ether oxygens (including phenoxy) is 2. The van der Waals surface area contributed by atoms with E-state index in [1.54, 1.807) is 37.4 Å². The average Bonchev–Trinajstić information content (AvgIpc) is 2.54. The molecule has 0 aliphatic heterocycles. The first kappa shape index (κ1) is 15.6. The van der Waals surface area contributed by atoms with Crippen LogP contribution in [-0.4, -0.2) is 26.1 Å². The molecule has 1 N–H and O–H groups in total. The van der Waals surface area contributed by atoms with Crippen molar-refractivity contribution in [2.75, 3.05) is 19.5 Å². The molecule has 1 amide bonds. The fourth-order valence-corrected chi connectivity index (χ4v) is 2.04. The third-order valence-corrected chi connectivity index (χ3v) is 3.11. The molecule has 0 radical (unpaired) electrons. The highest BCUT2D eigenvalue weighted by molar-refractivity contribution is 6.01. The summed E-state index contributed by atoms with van der Waals surface area (Å²) >= 11 is 0. The summed E-state index contributed by atoms with van der Waals surface area (Å²) in [5.74, 6) is -0.0119. The molecule has 0 fully saturated rings. The van der Waals surface area contributed by atoms with Gasteiger partial charge in [-0.3, -0.25) is 4.79 Å². The molecule has 0 atom stereocenters. The topological polar surface area (TPSA) is 64.6 Å². The predicted octanol–water partition coefficient (Wildman–Crippen LogP) is 2.66. The first-order valence-corrected chi connectivity index (χ1v) is 6.74. The van der Waals surface area contributed by atoms with E-state index in [-0.39, 0.29) is 12.3 Å². The Kier molecular flexibility index (Phi) is 5.14. The lowest BCUT2D eigenvalue weighted by Crippen LogP contribution is -2.17. The van der Waals surface area contributed by atoms with Gasteiger partial charge in [-0.1, -0.05) is 24.3 Å². The monoisotopic (exact) mass is 299 g/mol. The third kappa shape index (κ3) is 3.85. The second-order valence-electron chi connectivity index (χ2n) is 4.61. The number of methoxy groups -OCH3 is 2. The lowest BCUT2D eigenvalue weighted by molar-refractivity contribution is -0.115. The van der Waals surface area contributed by atoms with Gasteiger partial charge in [-0.25, -0.2) is 4.79 Å². The summed E-state index contributed by atoms with van der Waals surface area (Å²) in [7, 11) is 2.88. The lowest BCUT2D eigenvalue weighted by Gasteiger charge is -2.10. The van der Waals surface area contributed by atoms with Crippen LogP contribution in [0, 0.1) is 0 Å². The van der Waals surface area contributed by atoms with Crippen LogP contribution < -0.4 is 10.1 Å². The van der Waals surface area contributed by atoms with Gasteiger partial charge in [0.25, 0.3) is 0 Å². The van der Waals surface area contributed by atoms with Gasteiger partial charge in [0.05, 0.1) is 31.9 Å². The molecule has 22 heavy (non-hydrogen) atoms. The molecule has 0 bridgehead atoms. The molecular formula is C17H17NO4. The number of carbonyl (C=O) groups is 2. The summed E-state index contributed by atoms with van der Waals surface area (Å²) in [6, 6.07) is 14.0. The maximum Gasteiger partial charge on any atom is 0.339 e. The second-order valence-corrected chi connectivity index (χ2v) is 4.61. The van der Waals surface area contributed by atoms with Crippen LogP contribution >= 0.6 is 0 Å². The van der Waals surface area contributed by atoms with Gasteiger partial charge in [-0.05, 0) is 29.8 Å². The summed E-state index contributed by atoms with van der Waals surface area (Å²) in [5, 5.41) is 2.73. The van der Waals surface area contributed by atoms with Gasteiger partial charge in [0.2, 0.25) is 5.91 Å². The van der Waals surface area contributed by atoms with Gasteiger partial charge in [0.15, 0.2) is 0 Å². The second kappa shape index (κ2) is 7.26. The zero-order chi connectivity index (χ0) is 15.9. The van der Waals surface area contributed by atoms with Crippen molar-refractivity contribution in [1.29, 1.82) is 0 Å². The number of carbonyl (C=O) groups excluding carboxylic acids is 2. The largest absolute Gasteiger partial charge is 0.497 e. The molecule has 5 heteroatoms. The van der Waals surface area contributed by atoms with Crippen molar-refractivity contribution in [2.24, 2.45) is 0 Å². The van der Waals surface area contributed by atoms with Gasteiger partial charge >= 0.3 is 5.97 Å². The van der Waals surface area contributed by atoms with Crippen molar-refractivity contribution >= 4 is 17.6 Å². The molecule has 5 nitrogen and oxygen atoms in total. The number of hydrogen-bond acceptors (Lipinski definition) is 4. The lowest BCUT2D eigenvalue weighted by atomic mass is 10.1. The number of rotatable bonds is 5. The van der Waals surface area contributed by atoms with Crippen molar-refractivity contribution in [2.45, 2.75) is 6.42 Å². The van der Waals surface area contributed by atoms with E-state index in [0.717, 1.165) is 5.56 Å². The molecule has 2 aromatic carbocycles. The van der Waals surface area contributed by atoms with Gasteiger partial charge in [0, 0.05) is 0 Å². The summed E-state index contributed by atoms with van der Waals surface area (Å²) in [5.41, 5.74) is 1.58. The Bertz CT molecular complexity index is 682. The van der Waals surface area contributed by atoms with Gasteiger partial charge in [0.1, 0.15) is 5.75 Å². The Morgan fingerprint density at radius 1 is 1.05 bits per heavy atom. The smallest absolute Gasteiger partial charge is 0.339 e. The molecule has 0 aliphatic carbocycles. The Morgan fingerprint density at radius 3 is 2.55 bits per heavy atom. The maximum atomic E-state index is 12.1.